The first-order valence-corrected chi connectivity index (χ1v) is 8.40. The number of aliphatic carboxylic acids is 1. The third-order valence-corrected chi connectivity index (χ3v) is 7.25. The smallest absolute Gasteiger partial charge is 0.548 e. The van der Waals surface area contributed by atoms with Gasteiger partial charge >= 0.3 is 29.6 Å². The van der Waals surface area contributed by atoms with E-state index in [4.69, 9.17) is 4.74 Å². The maximum absolute atomic E-state index is 12.8. The molecule has 1 aromatic rings. The molecular formula is C12H15N4NaO6S. The number of amides is 1. The van der Waals surface area contributed by atoms with E-state index in [1.54, 1.807) is 0 Å². The van der Waals surface area contributed by atoms with Crippen molar-refractivity contribution >= 4 is 21.7 Å². The quantitative estimate of drug-likeness (QED) is 0.372. The minimum Gasteiger partial charge on any atom is -0.548 e. The second-order valence-electron chi connectivity index (χ2n) is 5.86. The Morgan fingerprint density at radius 3 is 2.75 bits per heavy atom. The molecule has 2 fully saturated rings. The van der Waals surface area contributed by atoms with Gasteiger partial charge in [0.25, 0.3) is 0 Å². The van der Waals surface area contributed by atoms with Crippen LogP contribution in [0.4, 0.5) is 0 Å². The number of rotatable bonds is 5. The molecule has 0 radical (unpaired) electrons. The molecular weight excluding hydrogens is 351 g/mol. The topological polar surface area (TPSA) is 135 Å². The minimum absolute atomic E-state index is 0. The number of carboxylic acid groups (broad SMARTS) is 1. The number of ether oxygens (including phenoxy) is 1. The van der Waals surface area contributed by atoms with E-state index in [2.05, 4.69) is 10.3 Å². The second kappa shape index (κ2) is 6.37. The number of carbonyl (C=O) groups excluding carboxylic acids is 2. The Hall–Kier alpha value is -1.01. The van der Waals surface area contributed by atoms with E-state index >= 15 is 0 Å². The third kappa shape index (κ3) is 2.49. The van der Waals surface area contributed by atoms with Gasteiger partial charge in [-0.2, -0.15) is 0 Å². The van der Waals surface area contributed by atoms with Crippen molar-refractivity contribution in [3.05, 3.63) is 11.9 Å². The summed E-state index contributed by atoms with van der Waals surface area (Å²) in [5, 5.41) is 17.9. The summed E-state index contributed by atoms with van der Waals surface area (Å²) in [6.45, 7) is 1.19. The molecule has 3 rings (SSSR count). The molecule has 2 aliphatic rings. The molecule has 2 saturated heterocycles. The Morgan fingerprint density at radius 2 is 2.21 bits per heavy atom. The van der Waals surface area contributed by atoms with Gasteiger partial charge in [0.1, 0.15) is 10.1 Å². The Bertz CT molecular complexity index is 780. The van der Waals surface area contributed by atoms with Crippen LogP contribution >= 0.6 is 0 Å². The van der Waals surface area contributed by atoms with E-state index in [1.165, 1.54) is 24.9 Å². The van der Waals surface area contributed by atoms with Crippen LogP contribution in [0.1, 0.15) is 19.0 Å². The molecule has 2 aliphatic heterocycles. The molecule has 0 N–H and O–H groups in total. The Morgan fingerprint density at radius 1 is 1.54 bits per heavy atom. The molecule has 0 aliphatic carbocycles. The predicted molar refractivity (Wildman–Crippen MR) is 72.1 cm³/mol. The zero-order valence-electron chi connectivity index (χ0n) is 13.5. The SMILES string of the molecule is COCc1cnnn1C[C@@]1(C)[C@H](C(=O)[O-])N2C(=O)C[C@@H]2S1(=O)=O.[Na+]. The van der Waals surface area contributed by atoms with Crippen LogP contribution in [0.5, 0.6) is 0 Å². The third-order valence-electron chi connectivity index (χ3n) is 4.49. The molecule has 0 aromatic carbocycles. The van der Waals surface area contributed by atoms with Crippen LogP contribution in [-0.4, -0.2) is 63.5 Å². The largest absolute Gasteiger partial charge is 1.00 e. The molecule has 0 spiro atoms. The standard InChI is InChI=1S/C12H16N4O6S.Na/c1-12(6-15-7(5-22-2)4-13-14-15)10(11(18)19)16-8(17)3-9(16)23(12,20)21;/h4,9-10H,3,5-6H2,1-2H3,(H,18,19);/q;+1/p-1/t9-,10-,12-;/m0./s1. The van der Waals surface area contributed by atoms with E-state index in [1.807, 2.05) is 0 Å². The first-order chi connectivity index (χ1) is 10.7. The molecule has 3 atom stereocenters. The van der Waals surface area contributed by atoms with Gasteiger partial charge in [-0.25, -0.2) is 13.1 Å². The minimum atomic E-state index is -3.91. The number of aromatic nitrogens is 3. The summed E-state index contributed by atoms with van der Waals surface area (Å²) in [5.41, 5.74) is 0.501. The van der Waals surface area contributed by atoms with Crippen molar-refractivity contribution in [2.45, 2.75) is 42.7 Å². The molecule has 24 heavy (non-hydrogen) atoms. The summed E-state index contributed by atoms with van der Waals surface area (Å²) in [5.74, 6) is -2.10. The maximum atomic E-state index is 12.8. The molecule has 0 saturated carbocycles. The van der Waals surface area contributed by atoms with E-state index in [-0.39, 0.29) is 49.1 Å². The van der Waals surface area contributed by atoms with E-state index in [9.17, 15) is 23.1 Å². The molecule has 0 unspecified atom stereocenters. The summed E-state index contributed by atoms with van der Waals surface area (Å²) in [4.78, 5) is 24.1. The van der Waals surface area contributed by atoms with E-state index in [0.717, 1.165) is 4.90 Å². The number of carboxylic acids is 1. The first kappa shape index (κ1) is 19.3. The van der Waals surface area contributed by atoms with E-state index in [0.29, 0.717) is 5.69 Å². The average molecular weight is 366 g/mol. The Balaban J connectivity index is 0.00000208. The molecule has 1 amide bonds. The average Bonchev–Trinajstić information content (AvgIpc) is 2.92. The van der Waals surface area contributed by atoms with Crippen LogP contribution in [-0.2, 0) is 37.3 Å². The van der Waals surface area contributed by atoms with Gasteiger partial charge in [0.2, 0.25) is 5.91 Å². The van der Waals surface area contributed by atoms with Gasteiger partial charge < -0.3 is 19.5 Å². The number of fused-ring (bicyclic) bond motifs is 1. The number of hydrogen-bond donors (Lipinski definition) is 0. The molecule has 0 bridgehead atoms. The number of sulfone groups is 1. The van der Waals surface area contributed by atoms with Crippen LogP contribution in [0.15, 0.2) is 6.20 Å². The van der Waals surface area contributed by atoms with Crippen LogP contribution in [0.2, 0.25) is 0 Å². The normalized spacial score (nSPS) is 30.4. The fourth-order valence-electron chi connectivity index (χ4n) is 3.24. The van der Waals surface area contributed by atoms with Gasteiger partial charge in [0, 0.05) is 7.11 Å². The van der Waals surface area contributed by atoms with E-state index < -0.39 is 37.9 Å². The summed E-state index contributed by atoms with van der Waals surface area (Å²) < 4.78 is 30.0. The van der Waals surface area contributed by atoms with Crippen molar-refractivity contribution in [2.24, 2.45) is 0 Å². The molecule has 3 heterocycles. The summed E-state index contributed by atoms with van der Waals surface area (Å²) in [7, 11) is -2.45. The van der Waals surface area contributed by atoms with Crippen LogP contribution in [0.3, 0.4) is 0 Å². The van der Waals surface area contributed by atoms with Crippen LogP contribution < -0.4 is 34.7 Å². The van der Waals surface area contributed by atoms with Crippen molar-refractivity contribution < 1.29 is 57.4 Å². The zero-order chi connectivity index (χ0) is 17.0. The van der Waals surface area contributed by atoms with Crippen molar-refractivity contribution in [3.8, 4) is 0 Å². The van der Waals surface area contributed by atoms with Gasteiger partial charge in [0.05, 0.1) is 43.5 Å². The van der Waals surface area contributed by atoms with Gasteiger partial charge in [-0.05, 0) is 6.92 Å². The van der Waals surface area contributed by atoms with Gasteiger partial charge in [0.15, 0.2) is 9.84 Å². The van der Waals surface area contributed by atoms with Crippen molar-refractivity contribution in [2.75, 3.05) is 7.11 Å². The predicted octanol–water partition coefficient (Wildman–Crippen LogP) is -5.71. The summed E-state index contributed by atoms with van der Waals surface area (Å²) in [6, 6.07) is -1.56. The second-order valence-corrected chi connectivity index (χ2v) is 8.42. The fraction of sp³-hybridized carbons (Fsp3) is 0.667. The van der Waals surface area contributed by atoms with Gasteiger partial charge in [-0.1, -0.05) is 5.21 Å². The molecule has 126 valence electrons. The maximum Gasteiger partial charge on any atom is 1.00 e. The molecule has 1 aromatic heterocycles. The van der Waals surface area contributed by atoms with Crippen LogP contribution in [0, 0.1) is 0 Å². The Labute approximate surface area is 160 Å². The van der Waals surface area contributed by atoms with Crippen molar-refractivity contribution in [1.82, 2.24) is 19.9 Å². The van der Waals surface area contributed by atoms with Crippen molar-refractivity contribution in [3.63, 3.8) is 0 Å². The molecule has 12 heteroatoms. The summed E-state index contributed by atoms with van der Waals surface area (Å²) in [6.07, 6.45) is 1.20. The first-order valence-electron chi connectivity index (χ1n) is 6.86. The van der Waals surface area contributed by atoms with Gasteiger partial charge in [-0.15, -0.1) is 5.10 Å². The number of methoxy groups -OCH3 is 1. The number of hydrogen-bond acceptors (Lipinski definition) is 8. The fourth-order valence-corrected chi connectivity index (χ4v) is 5.58. The zero-order valence-corrected chi connectivity index (χ0v) is 16.3. The van der Waals surface area contributed by atoms with Gasteiger partial charge in [-0.3, -0.25) is 4.79 Å². The number of nitrogens with zero attached hydrogens (tertiary/aromatic N) is 4. The summed E-state index contributed by atoms with van der Waals surface area (Å²) >= 11 is 0. The van der Waals surface area contributed by atoms with Crippen LogP contribution in [0.25, 0.3) is 0 Å². The Kier molecular flexibility index (Phi) is 5.13. The number of β-lactam (4-membered cyclic amide) rings is 1. The van der Waals surface area contributed by atoms with Crippen molar-refractivity contribution in [1.29, 1.82) is 0 Å². The molecule has 10 nitrogen and oxygen atoms in total. The number of carbonyl (C=O) groups is 2. The monoisotopic (exact) mass is 366 g/mol.